The Morgan fingerprint density at radius 3 is 2.79 bits per heavy atom. The number of nitrogens with zero attached hydrogens (tertiary/aromatic N) is 1. The molecule has 2 aromatic rings. The molecule has 0 aliphatic carbocycles. The highest BCUT2D eigenvalue weighted by Crippen LogP contribution is 2.23. The molecule has 0 radical (unpaired) electrons. The Morgan fingerprint density at radius 1 is 1.43 bits per heavy atom. The lowest BCUT2D eigenvalue weighted by molar-refractivity contribution is 0.463. The van der Waals surface area contributed by atoms with Gasteiger partial charge in [-0.15, -0.1) is 11.3 Å². The molecule has 74 valence electrons. The fourth-order valence-electron chi connectivity index (χ4n) is 1.18. The Bertz CT molecular complexity index is 586. The summed E-state index contributed by atoms with van der Waals surface area (Å²) in [4.78, 5) is 3.88. The number of aromatic nitrogens is 1. The minimum absolute atomic E-state index is 0.227. The van der Waals surface area contributed by atoms with E-state index in [4.69, 9.17) is 0 Å². The molecule has 0 unspecified atom stereocenters. The van der Waals surface area contributed by atoms with E-state index in [9.17, 15) is 13.0 Å². The Kier molecular flexibility index (Phi) is 2.06. The van der Waals surface area contributed by atoms with Gasteiger partial charge in [-0.25, -0.2) is 13.4 Å². The van der Waals surface area contributed by atoms with E-state index in [1.807, 2.05) is 6.92 Å². The number of rotatable bonds is 1. The molecule has 0 saturated carbocycles. The first-order valence-electron chi connectivity index (χ1n) is 3.80. The molecule has 14 heavy (non-hydrogen) atoms. The van der Waals surface area contributed by atoms with E-state index in [0.29, 0.717) is 5.52 Å². The van der Waals surface area contributed by atoms with Gasteiger partial charge in [-0.05, 0) is 25.1 Å². The monoisotopic (exact) mass is 228 g/mol. The summed E-state index contributed by atoms with van der Waals surface area (Å²) in [5.41, 5.74) is 0.560. The standard InChI is InChI=1S/C8H7NO3S2/c1-5-9-7-4-6(14(10,11)12)2-3-8(7)13-5/h2-4H,1H3,(H,10,11,12)/p-1. The fraction of sp³-hybridized carbons (Fsp3) is 0.125. The first kappa shape index (κ1) is 9.57. The number of hydrogen-bond acceptors (Lipinski definition) is 5. The molecule has 1 aromatic heterocycles. The highest BCUT2D eigenvalue weighted by Gasteiger charge is 2.05. The van der Waals surface area contributed by atoms with Crippen molar-refractivity contribution in [1.29, 1.82) is 0 Å². The lowest BCUT2D eigenvalue weighted by Crippen LogP contribution is -1.97. The fourth-order valence-corrected chi connectivity index (χ4v) is 2.48. The summed E-state index contributed by atoms with van der Waals surface area (Å²) in [5, 5.41) is 0.848. The summed E-state index contributed by atoms with van der Waals surface area (Å²) in [6.07, 6.45) is 0. The van der Waals surface area contributed by atoms with Crippen LogP contribution in [-0.2, 0) is 10.1 Å². The van der Waals surface area contributed by atoms with Crippen molar-refractivity contribution in [3.05, 3.63) is 23.2 Å². The second-order valence-corrected chi connectivity index (χ2v) is 5.43. The van der Waals surface area contributed by atoms with Crippen LogP contribution in [0, 0.1) is 6.92 Å². The molecular weight excluding hydrogens is 222 g/mol. The van der Waals surface area contributed by atoms with Gasteiger partial charge in [-0.3, -0.25) is 0 Å². The van der Waals surface area contributed by atoms with Crippen LogP contribution >= 0.6 is 11.3 Å². The molecule has 0 aliphatic heterocycles. The zero-order valence-corrected chi connectivity index (χ0v) is 8.85. The maximum atomic E-state index is 10.7. The third-order valence-corrected chi connectivity index (χ3v) is 3.54. The molecule has 0 atom stereocenters. The SMILES string of the molecule is Cc1nc2cc(S(=O)(=O)[O-])ccc2s1. The molecule has 1 heterocycles. The summed E-state index contributed by atoms with van der Waals surface area (Å²) >= 11 is 1.46. The van der Waals surface area contributed by atoms with Crippen LogP contribution in [-0.4, -0.2) is 18.0 Å². The predicted molar refractivity (Wildman–Crippen MR) is 52.3 cm³/mol. The molecular formula is C8H6NO3S2-. The largest absolute Gasteiger partial charge is 0.744 e. The average molecular weight is 228 g/mol. The molecule has 4 nitrogen and oxygen atoms in total. The molecule has 0 spiro atoms. The molecule has 0 aliphatic rings. The Morgan fingerprint density at radius 2 is 2.14 bits per heavy atom. The number of fused-ring (bicyclic) bond motifs is 1. The van der Waals surface area contributed by atoms with Crippen LogP contribution in [0.3, 0.4) is 0 Å². The second kappa shape index (κ2) is 3.01. The van der Waals surface area contributed by atoms with Crippen molar-refractivity contribution in [1.82, 2.24) is 4.98 Å². The predicted octanol–water partition coefficient (Wildman–Crippen LogP) is 1.51. The zero-order valence-electron chi connectivity index (χ0n) is 7.22. The van der Waals surface area contributed by atoms with Gasteiger partial charge in [0.05, 0.1) is 20.1 Å². The quantitative estimate of drug-likeness (QED) is 0.694. The molecule has 1 aromatic carbocycles. The highest BCUT2D eigenvalue weighted by molar-refractivity contribution is 7.85. The molecule has 0 N–H and O–H groups in total. The van der Waals surface area contributed by atoms with Crippen molar-refractivity contribution < 1.29 is 13.0 Å². The third-order valence-electron chi connectivity index (χ3n) is 1.75. The minimum Gasteiger partial charge on any atom is -0.744 e. The maximum absolute atomic E-state index is 10.7. The summed E-state index contributed by atoms with van der Waals surface area (Å²) in [7, 11) is -4.37. The van der Waals surface area contributed by atoms with E-state index in [2.05, 4.69) is 4.98 Å². The van der Waals surface area contributed by atoms with Crippen molar-refractivity contribution in [3.8, 4) is 0 Å². The summed E-state index contributed by atoms with van der Waals surface area (Å²) < 4.78 is 33.0. The van der Waals surface area contributed by atoms with Gasteiger partial charge in [-0.2, -0.15) is 0 Å². The summed E-state index contributed by atoms with van der Waals surface area (Å²) in [6, 6.07) is 4.22. The lowest BCUT2D eigenvalue weighted by Gasteiger charge is -2.05. The van der Waals surface area contributed by atoms with Gasteiger partial charge in [0.1, 0.15) is 10.1 Å². The first-order valence-corrected chi connectivity index (χ1v) is 6.02. The zero-order chi connectivity index (χ0) is 10.3. The van der Waals surface area contributed by atoms with Crippen LogP contribution in [0.15, 0.2) is 23.1 Å². The average Bonchev–Trinajstić information content (AvgIpc) is 2.41. The second-order valence-electron chi connectivity index (χ2n) is 2.82. The van der Waals surface area contributed by atoms with Crippen LogP contribution in [0.1, 0.15) is 5.01 Å². The van der Waals surface area contributed by atoms with Crippen molar-refractivity contribution >= 4 is 31.7 Å². The normalized spacial score (nSPS) is 12.1. The van der Waals surface area contributed by atoms with Gasteiger partial charge >= 0.3 is 0 Å². The van der Waals surface area contributed by atoms with Gasteiger partial charge in [0.25, 0.3) is 0 Å². The van der Waals surface area contributed by atoms with Crippen molar-refractivity contribution in [3.63, 3.8) is 0 Å². The summed E-state index contributed by atoms with van der Waals surface area (Å²) in [6.45, 7) is 1.83. The van der Waals surface area contributed by atoms with Crippen LogP contribution in [0.25, 0.3) is 10.2 Å². The number of benzene rings is 1. The Labute approximate surface area is 85.0 Å². The van der Waals surface area contributed by atoms with E-state index in [1.54, 1.807) is 6.07 Å². The van der Waals surface area contributed by atoms with Gasteiger partial charge < -0.3 is 4.55 Å². The smallest absolute Gasteiger partial charge is 0.124 e. The molecule has 0 saturated heterocycles. The van der Waals surface area contributed by atoms with E-state index in [-0.39, 0.29) is 4.90 Å². The van der Waals surface area contributed by atoms with Gasteiger partial charge in [0.15, 0.2) is 0 Å². The van der Waals surface area contributed by atoms with Crippen molar-refractivity contribution in [2.75, 3.05) is 0 Å². The Hall–Kier alpha value is -0.980. The van der Waals surface area contributed by atoms with E-state index in [0.717, 1.165) is 9.71 Å². The van der Waals surface area contributed by atoms with E-state index in [1.165, 1.54) is 23.5 Å². The van der Waals surface area contributed by atoms with Gasteiger partial charge in [0, 0.05) is 0 Å². The van der Waals surface area contributed by atoms with Crippen LogP contribution < -0.4 is 0 Å². The molecule has 2 rings (SSSR count). The lowest BCUT2D eigenvalue weighted by atomic mass is 10.3. The van der Waals surface area contributed by atoms with Crippen molar-refractivity contribution in [2.45, 2.75) is 11.8 Å². The Balaban J connectivity index is 2.74. The number of aryl methyl sites for hydroxylation is 1. The van der Waals surface area contributed by atoms with Crippen LogP contribution in [0.5, 0.6) is 0 Å². The molecule has 0 bridgehead atoms. The van der Waals surface area contributed by atoms with Gasteiger partial charge in [0.2, 0.25) is 0 Å². The first-order chi connectivity index (χ1) is 6.47. The maximum Gasteiger partial charge on any atom is 0.124 e. The molecule has 6 heteroatoms. The summed E-state index contributed by atoms with van der Waals surface area (Å²) in [5.74, 6) is 0. The molecule has 0 fully saturated rings. The van der Waals surface area contributed by atoms with Crippen LogP contribution in [0.2, 0.25) is 0 Å². The van der Waals surface area contributed by atoms with Crippen LogP contribution in [0.4, 0.5) is 0 Å². The van der Waals surface area contributed by atoms with E-state index >= 15 is 0 Å². The number of hydrogen-bond donors (Lipinski definition) is 0. The third kappa shape index (κ3) is 1.63. The van der Waals surface area contributed by atoms with E-state index < -0.39 is 10.1 Å². The van der Waals surface area contributed by atoms with Crippen molar-refractivity contribution in [2.24, 2.45) is 0 Å². The molecule has 0 amide bonds. The minimum atomic E-state index is -4.37. The topological polar surface area (TPSA) is 70.1 Å². The van der Waals surface area contributed by atoms with Gasteiger partial charge in [-0.1, -0.05) is 0 Å². The highest BCUT2D eigenvalue weighted by atomic mass is 32.2. The number of thiazole rings is 1.